The minimum absolute atomic E-state index is 0.209. The summed E-state index contributed by atoms with van der Waals surface area (Å²) in [5.41, 5.74) is 0. The lowest BCUT2D eigenvalue weighted by atomic mass is 10.3. The fourth-order valence-corrected chi connectivity index (χ4v) is 2.17. The molecular formula is C10H14O2P. The summed E-state index contributed by atoms with van der Waals surface area (Å²) in [6.07, 6.45) is 0. The van der Waals surface area contributed by atoms with E-state index in [1.54, 1.807) is 24.3 Å². The molecule has 0 fully saturated rings. The summed E-state index contributed by atoms with van der Waals surface area (Å²) in [7, 11) is -1.39. The Bertz CT molecular complexity index is 309. The highest BCUT2D eigenvalue weighted by atomic mass is 31.1. The van der Waals surface area contributed by atoms with Gasteiger partial charge in [0, 0.05) is 10.5 Å². The first kappa shape index (κ1) is 10.2. The highest BCUT2D eigenvalue weighted by Gasteiger charge is 2.21. The molecule has 71 valence electrons. The van der Waals surface area contributed by atoms with Gasteiger partial charge in [0.2, 0.25) is 0 Å². The molecule has 0 saturated carbocycles. The van der Waals surface area contributed by atoms with Gasteiger partial charge in [0.1, 0.15) is 13.6 Å². The third kappa shape index (κ3) is 2.53. The molecule has 0 aliphatic heterocycles. The second kappa shape index (κ2) is 3.47. The van der Waals surface area contributed by atoms with Gasteiger partial charge in [-0.05, 0) is 45.0 Å². The zero-order valence-electron chi connectivity index (χ0n) is 8.11. The monoisotopic (exact) mass is 197 g/mol. The Morgan fingerprint density at radius 2 is 1.62 bits per heavy atom. The third-order valence-electron chi connectivity index (χ3n) is 1.69. The summed E-state index contributed by atoms with van der Waals surface area (Å²) in [6, 6.07) is 6.54. The molecule has 0 saturated heterocycles. The van der Waals surface area contributed by atoms with Gasteiger partial charge in [0.15, 0.2) is 0 Å². The fraction of sp³-hybridized carbons (Fsp3) is 0.400. The molecule has 1 N–H and O–H groups in total. The molecule has 1 aromatic rings. The molecule has 0 spiro atoms. The molecule has 0 amide bonds. The Balaban J connectivity index is 2.97. The van der Waals surface area contributed by atoms with Crippen LogP contribution in [0.15, 0.2) is 24.3 Å². The van der Waals surface area contributed by atoms with Crippen molar-refractivity contribution in [3.8, 4) is 5.75 Å². The Hall–Kier alpha value is -0.880. The van der Waals surface area contributed by atoms with Crippen molar-refractivity contribution in [2.24, 2.45) is 0 Å². The summed E-state index contributed by atoms with van der Waals surface area (Å²) in [5, 5.41) is 9.62. The van der Waals surface area contributed by atoms with E-state index in [9.17, 15) is 4.57 Å². The average molecular weight is 197 g/mol. The Morgan fingerprint density at radius 3 is 2.00 bits per heavy atom. The van der Waals surface area contributed by atoms with Gasteiger partial charge in [-0.1, -0.05) is 0 Å². The van der Waals surface area contributed by atoms with Gasteiger partial charge < -0.3 is 5.11 Å². The summed E-state index contributed by atoms with van der Waals surface area (Å²) in [6.45, 7) is 5.83. The normalized spacial score (nSPS) is 12.7. The second-order valence-electron chi connectivity index (χ2n) is 3.98. The summed E-state index contributed by atoms with van der Waals surface area (Å²) in [4.78, 5) is 0. The number of benzene rings is 1. The first-order valence-corrected chi connectivity index (χ1v) is 5.43. The van der Waals surface area contributed by atoms with Gasteiger partial charge >= 0.3 is 0 Å². The Kier molecular flexibility index (Phi) is 2.72. The molecule has 3 heteroatoms. The van der Waals surface area contributed by atoms with E-state index in [1.165, 1.54) is 0 Å². The van der Waals surface area contributed by atoms with Crippen LogP contribution >= 0.6 is 7.80 Å². The summed E-state index contributed by atoms with van der Waals surface area (Å²) < 4.78 is 11.8. The van der Waals surface area contributed by atoms with Crippen molar-refractivity contribution in [3.05, 3.63) is 24.3 Å². The maximum absolute atomic E-state index is 11.8. The van der Waals surface area contributed by atoms with E-state index in [-0.39, 0.29) is 10.9 Å². The van der Waals surface area contributed by atoms with Gasteiger partial charge in [0.25, 0.3) is 0 Å². The number of rotatable bonds is 1. The van der Waals surface area contributed by atoms with Gasteiger partial charge in [-0.25, -0.2) is 0 Å². The zero-order valence-corrected chi connectivity index (χ0v) is 9.01. The number of hydrogen-bond donors (Lipinski definition) is 1. The van der Waals surface area contributed by atoms with Crippen molar-refractivity contribution in [2.45, 2.75) is 25.9 Å². The molecule has 0 bridgehead atoms. The van der Waals surface area contributed by atoms with E-state index in [0.29, 0.717) is 0 Å². The van der Waals surface area contributed by atoms with Crippen LogP contribution in [0.25, 0.3) is 0 Å². The lowest BCUT2D eigenvalue weighted by Gasteiger charge is -2.16. The molecule has 1 atom stereocenters. The first-order valence-electron chi connectivity index (χ1n) is 4.17. The van der Waals surface area contributed by atoms with Gasteiger partial charge in [-0.2, -0.15) is 0 Å². The first-order chi connectivity index (χ1) is 5.91. The van der Waals surface area contributed by atoms with Gasteiger partial charge in [-0.15, -0.1) is 0 Å². The van der Waals surface area contributed by atoms with E-state index in [4.69, 9.17) is 5.11 Å². The van der Waals surface area contributed by atoms with Crippen LogP contribution in [0, 0.1) is 0 Å². The quantitative estimate of drug-likeness (QED) is 0.702. The van der Waals surface area contributed by atoms with Crippen LogP contribution in [0.4, 0.5) is 0 Å². The highest BCUT2D eigenvalue weighted by Crippen LogP contribution is 2.37. The molecular weight excluding hydrogens is 183 g/mol. The van der Waals surface area contributed by atoms with E-state index in [1.807, 2.05) is 20.8 Å². The van der Waals surface area contributed by atoms with Crippen molar-refractivity contribution < 1.29 is 9.67 Å². The Morgan fingerprint density at radius 1 is 1.15 bits per heavy atom. The van der Waals surface area contributed by atoms with Crippen LogP contribution in [0.1, 0.15) is 20.8 Å². The van der Waals surface area contributed by atoms with Crippen LogP contribution in [0.2, 0.25) is 0 Å². The zero-order chi connectivity index (χ0) is 10.1. The molecule has 1 unspecified atom stereocenters. The lowest BCUT2D eigenvalue weighted by Crippen LogP contribution is -2.14. The van der Waals surface area contributed by atoms with Crippen LogP contribution < -0.4 is 5.30 Å². The van der Waals surface area contributed by atoms with Crippen molar-refractivity contribution in [1.29, 1.82) is 0 Å². The standard InChI is InChI=1S/C10H14O2P/c1-10(2,3)13(12)9-6-4-8(11)5-7-9/h4-7,11H,1-3H3. The third-order valence-corrected chi connectivity index (χ3v) is 3.68. The SMILES string of the molecule is CC(C)(C)[P](=O)c1ccc(O)cc1. The minimum Gasteiger partial charge on any atom is -0.508 e. The van der Waals surface area contributed by atoms with Crippen molar-refractivity contribution in [3.63, 3.8) is 0 Å². The topological polar surface area (TPSA) is 37.3 Å². The predicted molar refractivity (Wildman–Crippen MR) is 55.1 cm³/mol. The van der Waals surface area contributed by atoms with Crippen LogP contribution in [-0.2, 0) is 4.57 Å². The van der Waals surface area contributed by atoms with Crippen LogP contribution in [-0.4, -0.2) is 10.3 Å². The minimum atomic E-state index is -1.39. The van der Waals surface area contributed by atoms with E-state index < -0.39 is 7.80 Å². The predicted octanol–water partition coefficient (Wildman–Crippen LogP) is 2.64. The molecule has 0 aliphatic carbocycles. The molecule has 13 heavy (non-hydrogen) atoms. The lowest BCUT2D eigenvalue weighted by molar-refractivity contribution is 0.475. The molecule has 1 rings (SSSR count). The van der Waals surface area contributed by atoms with Crippen molar-refractivity contribution >= 4 is 13.1 Å². The molecule has 2 nitrogen and oxygen atoms in total. The second-order valence-corrected chi connectivity index (χ2v) is 6.43. The molecule has 0 heterocycles. The molecule has 1 radical (unpaired) electrons. The maximum atomic E-state index is 11.8. The molecule has 0 aliphatic rings. The van der Waals surface area contributed by atoms with Gasteiger partial charge in [-0.3, -0.25) is 4.57 Å². The smallest absolute Gasteiger partial charge is 0.115 e. The molecule has 1 aromatic carbocycles. The van der Waals surface area contributed by atoms with Gasteiger partial charge in [0.05, 0.1) is 0 Å². The average Bonchev–Trinajstić information content (AvgIpc) is 2.03. The largest absolute Gasteiger partial charge is 0.508 e. The number of phenols is 1. The van der Waals surface area contributed by atoms with Crippen LogP contribution in [0.3, 0.4) is 0 Å². The number of hydrogen-bond acceptors (Lipinski definition) is 2. The van der Waals surface area contributed by atoms with E-state index in [2.05, 4.69) is 0 Å². The summed E-state index contributed by atoms with van der Waals surface area (Å²) in [5.74, 6) is 0.209. The van der Waals surface area contributed by atoms with Crippen LogP contribution in [0.5, 0.6) is 5.75 Å². The molecule has 0 aromatic heterocycles. The number of phenolic OH excluding ortho intramolecular Hbond substituents is 1. The Labute approximate surface area is 79.4 Å². The number of aromatic hydroxyl groups is 1. The summed E-state index contributed by atoms with van der Waals surface area (Å²) >= 11 is 0. The highest BCUT2D eigenvalue weighted by molar-refractivity contribution is 7.55. The maximum Gasteiger partial charge on any atom is 0.115 e. The van der Waals surface area contributed by atoms with Crippen molar-refractivity contribution in [2.75, 3.05) is 0 Å². The van der Waals surface area contributed by atoms with E-state index in [0.717, 1.165) is 5.30 Å². The van der Waals surface area contributed by atoms with Crippen molar-refractivity contribution in [1.82, 2.24) is 0 Å². The van der Waals surface area contributed by atoms with E-state index >= 15 is 0 Å². The fourth-order valence-electron chi connectivity index (χ4n) is 0.975.